The standard InChI is InChI=1S/C18H26N2O4/c1-4-13(2)19-18(22)14-11-17(21)20(12-14)9-10-24-16-7-5-15(23-3)6-8-16/h5-8,13-14H,4,9-12H2,1-3H3,(H,19,22). The molecule has 1 heterocycles. The molecule has 1 aromatic rings. The number of methoxy groups -OCH3 is 1. The number of carbonyl (C=O) groups is 2. The molecule has 6 nitrogen and oxygen atoms in total. The van der Waals surface area contributed by atoms with Crippen molar-refractivity contribution in [1.29, 1.82) is 0 Å². The molecular formula is C18H26N2O4. The van der Waals surface area contributed by atoms with Gasteiger partial charge in [-0.3, -0.25) is 9.59 Å². The fraction of sp³-hybridized carbons (Fsp3) is 0.556. The second-order valence-electron chi connectivity index (χ2n) is 6.08. The lowest BCUT2D eigenvalue weighted by Crippen LogP contribution is -2.38. The van der Waals surface area contributed by atoms with Gasteiger partial charge in [-0.05, 0) is 37.6 Å². The summed E-state index contributed by atoms with van der Waals surface area (Å²) in [4.78, 5) is 25.9. The number of hydrogen-bond acceptors (Lipinski definition) is 4. The van der Waals surface area contributed by atoms with Crippen molar-refractivity contribution in [2.45, 2.75) is 32.7 Å². The second kappa shape index (κ2) is 8.57. The van der Waals surface area contributed by atoms with Gasteiger partial charge in [-0.15, -0.1) is 0 Å². The van der Waals surface area contributed by atoms with Crippen molar-refractivity contribution < 1.29 is 19.1 Å². The molecule has 0 aliphatic carbocycles. The molecule has 24 heavy (non-hydrogen) atoms. The highest BCUT2D eigenvalue weighted by Gasteiger charge is 2.34. The maximum atomic E-state index is 12.1. The molecule has 0 bridgehead atoms. The summed E-state index contributed by atoms with van der Waals surface area (Å²) in [6.07, 6.45) is 1.16. The summed E-state index contributed by atoms with van der Waals surface area (Å²) in [5.41, 5.74) is 0. The van der Waals surface area contributed by atoms with E-state index in [2.05, 4.69) is 5.32 Å². The molecule has 6 heteroatoms. The molecule has 2 atom stereocenters. The fourth-order valence-corrected chi connectivity index (χ4v) is 2.57. The zero-order valence-electron chi connectivity index (χ0n) is 14.6. The number of likely N-dealkylation sites (tertiary alicyclic amines) is 1. The summed E-state index contributed by atoms with van der Waals surface area (Å²) in [6, 6.07) is 7.44. The molecule has 0 saturated carbocycles. The minimum absolute atomic E-state index is 0.0117. The van der Waals surface area contributed by atoms with Crippen LogP contribution in [-0.4, -0.2) is 49.6 Å². The van der Waals surface area contributed by atoms with Crippen LogP contribution in [0.5, 0.6) is 11.5 Å². The Morgan fingerprint density at radius 1 is 1.33 bits per heavy atom. The van der Waals surface area contributed by atoms with Crippen molar-refractivity contribution in [3.05, 3.63) is 24.3 Å². The first-order valence-corrected chi connectivity index (χ1v) is 8.38. The van der Waals surface area contributed by atoms with Crippen LogP contribution in [0, 0.1) is 5.92 Å². The van der Waals surface area contributed by atoms with Crippen LogP contribution in [0.2, 0.25) is 0 Å². The molecule has 2 unspecified atom stereocenters. The number of carbonyl (C=O) groups excluding carboxylic acids is 2. The molecule has 1 aliphatic rings. The average molecular weight is 334 g/mol. The van der Waals surface area contributed by atoms with Crippen LogP contribution >= 0.6 is 0 Å². The van der Waals surface area contributed by atoms with Crippen molar-refractivity contribution >= 4 is 11.8 Å². The summed E-state index contributed by atoms with van der Waals surface area (Å²) in [7, 11) is 1.61. The summed E-state index contributed by atoms with van der Waals surface area (Å²) in [5, 5.41) is 2.94. The van der Waals surface area contributed by atoms with Gasteiger partial charge in [-0.2, -0.15) is 0 Å². The number of hydrogen-bond donors (Lipinski definition) is 1. The van der Waals surface area contributed by atoms with Crippen LogP contribution in [-0.2, 0) is 9.59 Å². The third-order valence-corrected chi connectivity index (χ3v) is 4.28. The van der Waals surface area contributed by atoms with E-state index in [0.29, 0.717) is 19.7 Å². The first-order valence-electron chi connectivity index (χ1n) is 8.38. The highest BCUT2D eigenvalue weighted by Crippen LogP contribution is 2.19. The molecule has 1 aromatic carbocycles. The monoisotopic (exact) mass is 334 g/mol. The van der Waals surface area contributed by atoms with Gasteiger partial charge in [0.1, 0.15) is 18.1 Å². The van der Waals surface area contributed by atoms with Crippen LogP contribution in [0.15, 0.2) is 24.3 Å². The topological polar surface area (TPSA) is 67.9 Å². The first-order chi connectivity index (χ1) is 11.5. The summed E-state index contributed by atoms with van der Waals surface area (Å²) in [5.74, 6) is 1.22. The minimum Gasteiger partial charge on any atom is -0.497 e. The van der Waals surface area contributed by atoms with Gasteiger partial charge in [0, 0.05) is 19.0 Å². The summed E-state index contributed by atoms with van der Waals surface area (Å²) in [6.45, 7) is 5.34. The zero-order chi connectivity index (χ0) is 17.5. The van der Waals surface area contributed by atoms with E-state index >= 15 is 0 Å². The Hall–Kier alpha value is -2.24. The third-order valence-electron chi connectivity index (χ3n) is 4.28. The lowest BCUT2D eigenvalue weighted by molar-refractivity contribution is -0.129. The van der Waals surface area contributed by atoms with Crippen molar-refractivity contribution in [2.75, 3.05) is 26.8 Å². The molecule has 2 amide bonds. The molecule has 1 aliphatic heterocycles. The Labute approximate surface area is 143 Å². The molecule has 0 spiro atoms. The van der Waals surface area contributed by atoms with Gasteiger partial charge in [-0.25, -0.2) is 0 Å². The molecule has 132 valence electrons. The molecule has 1 N–H and O–H groups in total. The van der Waals surface area contributed by atoms with Crippen LogP contribution in [0.1, 0.15) is 26.7 Å². The first kappa shape index (κ1) is 18.1. The Kier molecular flexibility index (Phi) is 6.46. The van der Waals surface area contributed by atoms with E-state index in [1.54, 1.807) is 12.0 Å². The second-order valence-corrected chi connectivity index (χ2v) is 6.08. The molecule has 2 rings (SSSR count). The van der Waals surface area contributed by atoms with Gasteiger partial charge < -0.3 is 19.7 Å². The molecule has 1 fully saturated rings. The van der Waals surface area contributed by atoms with Crippen molar-refractivity contribution in [1.82, 2.24) is 10.2 Å². The number of rotatable bonds is 8. The van der Waals surface area contributed by atoms with E-state index in [9.17, 15) is 9.59 Å². The fourth-order valence-electron chi connectivity index (χ4n) is 2.57. The Morgan fingerprint density at radius 2 is 2.00 bits per heavy atom. The lowest BCUT2D eigenvalue weighted by Gasteiger charge is -2.18. The predicted molar refractivity (Wildman–Crippen MR) is 91.1 cm³/mol. The minimum atomic E-state index is -0.257. The van der Waals surface area contributed by atoms with Gasteiger partial charge in [0.15, 0.2) is 0 Å². The van der Waals surface area contributed by atoms with E-state index in [-0.39, 0.29) is 30.2 Å². The number of amides is 2. The van der Waals surface area contributed by atoms with E-state index in [1.165, 1.54) is 0 Å². The Balaban J connectivity index is 1.76. The van der Waals surface area contributed by atoms with Crippen LogP contribution in [0.4, 0.5) is 0 Å². The average Bonchev–Trinajstić information content (AvgIpc) is 2.96. The van der Waals surface area contributed by atoms with Gasteiger partial charge in [0.25, 0.3) is 0 Å². The summed E-state index contributed by atoms with van der Waals surface area (Å²) < 4.78 is 10.7. The van der Waals surface area contributed by atoms with Crippen LogP contribution in [0.3, 0.4) is 0 Å². The highest BCUT2D eigenvalue weighted by molar-refractivity contribution is 5.89. The largest absolute Gasteiger partial charge is 0.497 e. The smallest absolute Gasteiger partial charge is 0.225 e. The number of ether oxygens (including phenoxy) is 2. The SMILES string of the molecule is CCC(C)NC(=O)C1CC(=O)N(CCOc2ccc(OC)cc2)C1. The van der Waals surface area contributed by atoms with Gasteiger partial charge in [0.2, 0.25) is 11.8 Å². The number of nitrogens with zero attached hydrogens (tertiary/aromatic N) is 1. The number of nitrogens with one attached hydrogen (secondary N) is 1. The van der Waals surface area contributed by atoms with Crippen molar-refractivity contribution in [3.8, 4) is 11.5 Å². The summed E-state index contributed by atoms with van der Waals surface area (Å²) >= 11 is 0. The normalized spacial score (nSPS) is 18.4. The van der Waals surface area contributed by atoms with Gasteiger partial charge in [-0.1, -0.05) is 6.92 Å². The van der Waals surface area contributed by atoms with Gasteiger partial charge >= 0.3 is 0 Å². The van der Waals surface area contributed by atoms with Crippen molar-refractivity contribution in [3.63, 3.8) is 0 Å². The molecule has 0 aromatic heterocycles. The molecule has 1 saturated heterocycles. The zero-order valence-corrected chi connectivity index (χ0v) is 14.6. The van der Waals surface area contributed by atoms with Gasteiger partial charge in [0.05, 0.1) is 19.6 Å². The Morgan fingerprint density at radius 3 is 2.62 bits per heavy atom. The van der Waals surface area contributed by atoms with E-state index in [1.807, 2.05) is 38.1 Å². The Bertz CT molecular complexity index is 559. The van der Waals surface area contributed by atoms with E-state index in [0.717, 1.165) is 17.9 Å². The van der Waals surface area contributed by atoms with E-state index in [4.69, 9.17) is 9.47 Å². The van der Waals surface area contributed by atoms with E-state index < -0.39 is 0 Å². The molecular weight excluding hydrogens is 308 g/mol. The maximum Gasteiger partial charge on any atom is 0.225 e. The van der Waals surface area contributed by atoms with Crippen molar-refractivity contribution in [2.24, 2.45) is 5.92 Å². The van der Waals surface area contributed by atoms with Crippen LogP contribution in [0.25, 0.3) is 0 Å². The number of benzene rings is 1. The quantitative estimate of drug-likeness (QED) is 0.788. The third kappa shape index (κ3) is 4.88. The maximum absolute atomic E-state index is 12.1. The predicted octanol–water partition coefficient (Wildman–Crippen LogP) is 1.84. The highest BCUT2D eigenvalue weighted by atomic mass is 16.5. The molecule has 0 radical (unpaired) electrons. The van der Waals surface area contributed by atoms with Crippen LogP contribution < -0.4 is 14.8 Å². The lowest BCUT2D eigenvalue weighted by atomic mass is 10.1.